The molecule has 0 aromatic carbocycles. The second-order valence-corrected chi connectivity index (χ2v) is 6.02. The van der Waals surface area contributed by atoms with Gasteiger partial charge in [-0.2, -0.15) is 0 Å². The van der Waals surface area contributed by atoms with E-state index < -0.39 is 0 Å². The van der Waals surface area contributed by atoms with E-state index in [1.807, 2.05) is 0 Å². The van der Waals surface area contributed by atoms with E-state index in [1.165, 1.54) is 58.4 Å². The van der Waals surface area contributed by atoms with Gasteiger partial charge in [-0.25, -0.2) is 0 Å². The maximum Gasteiger partial charge on any atom is 0.0471 e. The minimum Gasteiger partial charge on any atom is -0.396 e. The molecular formula is C14H28N2O. The van der Waals surface area contributed by atoms with E-state index in [-0.39, 0.29) is 0 Å². The van der Waals surface area contributed by atoms with Gasteiger partial charge in [-0.05, 0) is 57.2 Å². The molecular weight excluding hydrogens is 212 g/mol. The number of aliphatic hydroxyl groups excluding tert-OH is 1. The lowest BCUT2D eigenvalue weighted by Crippen LogP contribution is -2.43. The Hall–Kier alpha value is -0.120. The van der Waals surface area contributed by atoms with Crippen molar-refractivity contribution in [1.82, 2.24) is 9.80 Å². The highest BCUT2D eigenvalue weighted by Gasteiger charge is 2.20. The molecule has 100 valence electrons. The fraction of sp³-hybridized carbons (Fsp3) is 1.00. The summed E-state index contributed by atoms with van der Waals surface area (Å²) < 4.78 is 0. The van der Waals surface area contributed by atoms with Gasteiger partial charge in [0.15, 0.2) is 0 Å². The van der Waals surface area contributed by atoms with Crippen LogP contribution in [0.5, 0.6) is 0 Å². The van der Waals surface area contributed by atoms with Crippen molar-refractivity contribution >= 4 is 0 Å². The van der Waals surface area contributed by atoms with Crippen LogP contribution in [0.3, 0.4) is 0 Å². The lowest BCUT2D eigenvalue weighted by atomic mass is 9.98. The van der Waals surface area contributed by atoms with Crippen LogP contribution >= 0.6 is 0 Å². The van der Waals surface area contributed by atoms with E-state index in [4.69, 9.17) is 0 Å². The van der Waals surface area contributed by atoms with E-state index in [9.17, 15) is 5.11 Å². The lowest BCUT2D eigenvalue weighted by Gasteiger charge is -2.35. The Morgan fingerprint density at radius 3 is 2.41 bits per heavy atom. The number of aliphatic hydroxyl groups is 1. The minimum atomic E-state index is 0.373. The first-order chi connectivity index (χ1) is 8.28. The lowest BCUT2D eigenvalue weighted by molar-refractivity contribution is 0.102. The predicted octanol–water partition coefficient (Wildman–Crippen LogP) is 1.42. The smallest absolute Gasteiger partial charge is 0.0471 e. The SMILES string of the molecule is CC1CCN(CCN2CCCC(CO)C2)CC1. The minimum absolute atomic E-state index is 0.373. The number of rotatable bonds is 4. The molecule has 0 aromatic heterocycles. The van der Waals surface area contributed by atoms with Gasteiger partial charge in [0.25, 0.3) is 0 Å². The molecule has 1 unspecified atom stereocenters. The summed E-state index contributed by atoms with van der Waals surface area (Å²) in [7, 11) is 0. The molecule has 0 amide bonds. The third-order valence-corrected chi connectivity index (χ3v) is 4.47. The van der Waals surface area contributed by atoms with Crippen LogP contribution in [0, 0.1) is 11.8 Å². The van der Waals surface area contributed by atoms with Gasteiger partial charge in [-0.1, -0.05) is 6.92 Å². The molecule has 3 nitrogen and oxygen atoms in total. The van der Waals surface area contributed by atoms with E-state index >= 15 is 0 Å². The second-order valence-electron chi connectivity index (χ2n) is 6.02. The van der Waals surface area contributed by atoms with Crippen LogP contribution in [0.25, 0.3) is 0 Å². The summed E-state index contributed by atoms with van der Waals surface area (Å²) in [6.07, 6.45) is 5.23. The largest absolute Gasteiger partial charge is 0.396 e. The summed E-state index contributed by atoms with van der Waals surface area (Å²) >= 11 is 0. The Bertz CT molecular complexity index is 214. The van der Waals surface area contributed by atoms with Gasteiger partial charge >= 0.3 is 0 Å². The van der Waals surface area contributed by atoms with Gasteiger partial charge in [0.2, 0.25) is 0 Å². The zero-order chi connectivity index (χ0) is 12.1. The van der Waals surface area contributed by atoms with Crippen molar-refractivity contribution in [2.24, 2.45) is 11.8 Å². The van der Waals surface area contributed by atoms with Crippen molar-refractivity contribution in [2.75, 3.05) is 45.9 Å². The Kier molecular flexibility index (Phi) is 5.26. The standard InChI is InChI=1S/C14H28N2O/c1-13-4-7-15(8-5-13)9-10-16-6-2-3-14(11-16)12-17/h13-14,17H,2-12H2,1H3. The highest BCUT2D eigenvalue weighted by molar-refractivity contribution is 4.75. The Labute approximate surface area is 106 Å². The first-order valence-electron chi connectivity index (χ1n) is 7.33. The van der Waals surface area contributed by atoms with Gasteiger partial charge in [-0.15, -0.1) is 0 Å². The molecule has 3 heteroatoms. The fourth-order valence-corrected chi connectivity index (χ4v) is 3.07. The summed E-state index contributed by atoms with van der Waals surface area (Å²) in [6.45, 7) is 10.1. The molecule has 0 aromatic rings. The van der Waals surface area contributed by atoms with Crippen LogP contribution in [0.2, 0.25) is 0 Å². The molecule has 1 atom stereocenters. The maximum atomic E-state index is 9.22. The summed E-state index contributed by atoms with van der Waals surface area (Å²) in [5, 5.41) is 9.22. The third kappa shape index (κ3) is 4.23. The van der Waals surface area contributed by atoms with Crippen LogP contribution in [0.15, 0.2) is 0 Å². The van der Waals surface area contributed by atoms with E-state index in [0.717, 1.165) is 12.5 Å². The van der Waals surface area contributed by atoms with Gasteiger partial charge in [0.1, 0.15) is 0 Å². The molecule has 2 fully saturated rings. The molecule has 17 heavy (non-hydrogen) atoms. The highest BCUT2D eigenvalue weighted by atomic mass is 16.3. The Morgan fingerprint density at radius 1 is 1.00 bits per heavy atom. The average Bonchev–Trinajstić information content (AvgIpc) is 2.38. The van der Waals surface area contributed by atoms with Gasteiger partial charge in [-0.3, -0.25) is 0 Å². The fourth-order valence-electron chi connectivity index (χ4n) is 3.07. The zero-order valence-electron chi connectivity index (χ0n) is 11.3. The van der Waals surface area contributed by atoms with Crippen molar-refractivity contribution < 1.29 is 5.11 Å². The first-order valence-corrected chi connectivity index (χ1v) is 7.33. The molecule has 0 radical (unpaired) electrons. The van der Waals surface area contributed by atoms with Crippen LogP contribution in [-0.2, 0) is 0 Å². The normalized spacial score (nSPS) is 29.6. The quantitative estimate of drug-likeness (QED) is 0.805. The molecule has 0 saturated carbocycles. The predicted molar refractivity (Wildman–Crippen MR) is 71.1 cm³/mol. The molecule has 2 aliphatic heterocycles. The summed E-state index contributed by atoms with van der Waals surface area (Å²) in [6, 6.07) is 0. The molecule has 0 aliphatic carbocycles. The van der Waals surface area contributed by atoms with Crippen LogP contribution in [0.4, 0.5) is 0 Å². The van der Waals surface area contributed by atoms with Gasteiger partial charge in [0, 0.05) is 26.2 Å². The number of hydrogen-bond donors (Lipinski definition) is 1. The average molecular weight is 240 g/mol. The van der Waals surface area contributed by atoms with Gasteiger partial charge in [0.05, 0.1) is 0 Å². The van der Waals surface area contributed by atoms with E-state index in [1.54, 1.807) is 0 Å². The number of nitrogens with zero attached hydrogens (tertiary/aromatic N) is 2. The number of hydrogen-bond acceptors (Lipinski definition) is 3. The molecule has 2 rings (SSSR count). The van der Waals surface area contributed by atoms with Crippen molar-refractivity contribution in [3.05, 3.63) is 0 Å². The molecule has 2 heterocycles. The van der Waals surface area contributed by atoms with Crippen LogP contribution < -0.4 is 0 Å². The van der Waals surface area contributed by atoms with Crippen molar-refractivity contribution in [1.29, 1.82) is 0 Å². The summed E-state index contributed by atoms with van der Waals surface area (Å²) in [5.41, 5.74) is 0. The molecule has 0 bridgehead atoms. The Morgan fingerprint density at radius 2 is 1.71 bits per heavy atom. The third-order valence-electron chi connectivity index (χ3n) is 4.47. The highest BCUT2D eigenvalue weighted by Crippen LogP contribution is 2.17. The van der Waals surface area contributed by atoms with E-state index in [2.05, 4.69) is 16.7 Å². The number of likely N-dealkylation sites (tertiary alicyclic amines) is 2. The summed E-state index contributed by atoms with van der Waals surface area (Å²) in [5.74, 6) is 1.46. The van der Waals surface area contributed by atoms with Crippen molar-refractivity contribution in [3.8, 4) is 0 Å². The second kappa shape index (κ2) is 6.72. The molecule has 1 N–H and O–H groups in total. The van der Waals surface area contributed by atoms with Crippen LogP contribution in [0.1, 0.15) is 32.6 Å². The zero-order valence-corrected chi connectivity index (χ0v) is 11.3. The first kappa shape index (κ1) is 13.3. The van der Waals surface area contributed by atoms with E-state index in [0.29, 0.717) is 12.5 Å². The van der Waals surface area contributed by atoms with Gasteiger partial charge < -0.3 is 14.9 Å². The van der Waals surface area contributed by atoms with Crippen molar-refractivity contribution in [3.63, 3.8) is 0 Å². The van der Waals surface area contributed by atoms with Crippen LogP contribution in [-0.4, -0.2) is 60.8 Å². The molecule has 2 saturated heterocycles. The Balaban J connectivity index is 1.64. The van der Waals surface area contributed by atoms with Crippen molar-refractivity contribution in [2.45, 2.75) is 32.6 Å². The topological polar surface area (TPSA) is 26.7 Å². The number of piperidine rings is 2. The monoisotopic (exact) mass is 240 g/mol. The molecule has 0 spiro atoms. The maximum absolute atomic E-state index is 9.22. The molecule has 2 aliphatic rings. The summed E-state index contributed by atoms with van der Waals surface area (Å²) in [4.78, 5) is 5.16.